The Bertz CT molecular complexity index is 396. The maximum atomic E-state index is 11.9. The summed E-state index contributed by atoms with van der Waals surface area (Å²) < 4.78 is 0. The van der Waals surface area contributed by atoms with Gasteiger partial charge in [0, 0.05) is 33.2 Å². The van der Waals surface area contributed by atoms with Gasteiger partial charge in [0.25, 0.3) is 0 Å². The molecular weight excluding hydrogens is 290 g/mol. The van der Waals surface area contributed by atoms with E-state index in [0.717, 1.165) is 32.6 Å². The smallest absolute Gasteiger partial charge is 0.321 e. The number of carbonyl (C=O) groups is 2. The van der Waals surface area contributed by atoms with Gasteiger partial charge in [0.2, 0.25) is 5.91 Å². The highest BCUT2D eigenvalue weighted by molar-refractivity contribution is 7.80. The van der Waals surface area contributed by atoms with Gasteiger partial charge in [-0.2, -0.15) is 0 Å². The van der Waals surface area contributed by atoms with Crippen molar-refractivity contribution in [2.75, 3.05) is 33.2 Å². The standard InChI is InChI=1S/C13H25N5O2S/c1-4-10(11(14)21)18-7-5-17(6-8-18)9(2)12(19)16-13(20)15-3/h9-10H,4-8H2,1-3H3,(H2,14,21)(H2,15,16,19,20). The molecule has 3 amide bonds. The van der Waals surface area contributed by atoms with Crippen molar-refractivity contribution in [3.8, 4) is 0 Å². The fraction of sp³-hybridized carbons (Fsp3) is 0.769. The predicted molar refractivity (Wildman–Crippen MR) is 86.1 cm³/mol. The largest absolute Gasteiger partial charge is 0.392 e. The fourth-order valence-corrected chi connectivity index (χ4v) is 2.84. The van der Waals surface area contributed by atoms with Crippen molar-refractivity contribution in [1.82, 2.24) is 20.4 Å². The summed E-state index contributed by atoms with van der Waals surface area (Å²) in [5, 5.41) is 4.67. The van der Waals surface area contributed by atoms with Crippen molar-refractivity contribution in [1.29, 1.82) is 0 Å². The number of nitrogens with two attached hydrogens (primary N) is 1. The highest BCUT2D eigenvalue weighted by Crippen LogP contribution is 2.12. The molecule has 1 fully saturated rings. The zero-order valence-electron chi connectivity index (χ0n) is 12.9. The van der Waals surface area contributed by atoms with Crippen LogP contribution in [0.4, 0.5) is 4.79 Å². The summed E-state index contributed by atoms with van der Waals surface area (Å²) in [7, 11) is 1.48. The highest BCUT2D eigenvalue weighted by Gasteiger charge is 2.29. The van der Waals surface area contributed by atoms with Crippen LogP contribution in [0.3, 0.4) is 0 Å². The molecule has 1 saturated heterocycles. The van der Waals surface area contributed by atoms with Gasteiger partial charge in [0.1, 0.15) is 0 Å². The molecule has 1 heterocycles. The minimum absolute atomic E-state index is 0.122. The zero-order valence-corrected chi connectivity index (χ0v) is 13.7. The van der Waals surface area contributed by atoms with Crippen LogP contribution < -0.4 is 16.4 Å². The molecule has 7 nitrogen and oxygen atoms in total. The van der Waals surface area contributed by atoms with Crippen LogP contribution in [0.2, 0.25) is 0 Å². The molecule has 0 spiro atoms. The summed E-state index contributed by atoms with van der Waals surface area (Å²) >= 11 is 5.09. The van der Waals surface area contributed by atoms with E-state index in [1.54, 1.807) is 6.92 Å². The molecule has 0 aliphatic carbocycles. The molecule has 120 valence electrons. The molecule has 0 aromatic rings. The molecule has 2 atom stereocenters. The van der Waals surface area contributed by atoms with Crippen LogP contribution in [0.5, 0.6) is 0 Å². The number of nitrogens with zero attached hydrogens (tertiary/aromatic N) is 2. The van der Waals surface area contributed by atoms with E-state index in [4.69, 9.17) is 18.0 Å². The number of urea groups is 1. The van der Waals surface area contributed by atoms with Gasteiger partial charge in [-0.05, 0) is 13.3 Å². The lowest BCUT2D eigenvalue weighted by atomic mass is 10.1. The molecule has 1 aliphatic rings. The Kier molecular flexibility index (Phi) is 7.00. The second kappa shape index (κ2) is 8.26. The monoisotopic (exact) mass is 315 g/mol. The van der Waals surface area contributed by atoms with Gasteiger partial charge >= 0.3 is 6.03 Å². The Hall–Kier alpha value is -1.25. The third kappa shape index (κ3) is 4.90. The Balaban J connectivity index is 2.50. The first-order valence-electron chi connectivity index (χ1n) is 7.20. The summed E-state index contributed by atoms with van der Waals surface area (Å²) in [6.07, 6.45) is 0.891. The Morgan fingerprint density at radius 1 is 1.24 bits per heavy atom. The second-order valence-corrected chi connectivity index (χ2v) is 5.61. The number of nitrogens with one attached hydrogen (secondary N) is 2. The number of hydrogen-bond donors (Lipinski definition) is 3. The minimum atomic E-state index is -0.481. The van der Waals surface area contributed by atoms with E-state index in [-0.39, 0.29) is 18.0 Å². The normalized spacial score (nSPS) is 19.6. The van der Waals surface area contributed by atoms with Crippen LogP contribution in [-0.2, 0) is 4.79 Å². The fourth-order valence-electron chi connectivity index (χ4n) is 2.52. The van der Waals surface area contributed by atoms with Crippen molar-refractivity contribution in [2.24, 2.45) is 5.73 Å². The Labute approximate surface area is 131 Å². The maximum absolute atomic E-state index is 11.9. The molecule has 1 aliphatic heterocycles. The Morgan fingerprint density at radius 3 is 2.19 bits per heavy atom. The summed E-state index contributed by atoms with van der Waals surface area (Å²) in [6.45, 7) is 7.00. The van der Waals surface area contributed by atoms with Crippen LogP contribution in [0, 0.1) is 0 Å². The van der Waals surface area contributed by atoms with E-state index in [9.17, 15) is 9.59 Å². The van der Waals surface area contributed by atoms with Crippen molar-refractivity contribution < 1.29 is 9.59 Å². The average Bonchev–Trinajstić information content (AvgIpc) is 2.47. The van der Waals surface area contributed by atoms with E-state index < -0.39 is 6.03 Å². The topological polar surface area (TPSA) is 90.7 Å². The summed E-state index contributed by atoms with van der Waals surface area (Å²) in [5.74, 6) is -0.288. The van der Waals surface area contributed by atoms with Gasteiger partial charge in [-0.3, -0.25) is 19.9 Å². The van der Waals surface area contributed by atoms with E-state index >= 15 is 0 Å². The lowest BCUT2D eigenvalue weighted by Crippen LogP contribution is -2.58. The molecule has 0 radical (unpaired) electrons. The zero-order chi connectivity index (χ0) is 16.0. The third-order valence-corrected chi connectivity index (χ3v) is 4.17. The lowest BCUT2D eigenvalue weighted by Gasteiger charge is -2.40. The number of imide groups is 1. The molecule has 0 saturated carbocycles. The van der Waals surface area contributed by atoms with E-state index in [2.05, 4.69) is 27.4 Å². The van der Waals surface area contributed by atoms with Gasteiger partial charge in [-0.1, -0.05) is 19.1 Å². The van der Waals surface area contributed by atoms with Crippen LogP contribution in [0.15, 0.2) is 0 Å². The average molecular weight is 315 g/mol. The molecule has 21 heavy (non-hydrogen) atoms. The van der Waals surface area contributed by atoms with Crippen molar-refractivity contribution in [2.45, 2.75) is 32.4 Å². The van der Waals surface area contributed by atoms with Crippen LogP contribution in [0.25, 0.3) is 0 Å². The van der Waals surface area contributed by atoms with Crippen molar-refractivity contribution in [3.05, 3.63) is 0 Å². The molecule has 8 heteroatoms. The molecular formula is C13H25N5O2S. The van der Waals surface area contributed by atoms with Gasteiger partial charge in [-0.15, -0.1) is 0 Å². The van der Waals surface area contributed by atoms with Gasteiger partial charge in [0.15, 0.2) is 0 Å². The predicted octanol–water partition coefficient (Wildman–Crippen LogP) is -0.487. The Morgan fingerprint density at radius 2 is 1.76 bits per heavy atom. The SMILES string of the molecule is CCC(C(N)=S)N1CCN(C(C)C(=O)NC(=O)NC)CC1. The first kappa shape index (κ1) is 17.8. The quantitative estimate of drug-likeness (QED) is 0.593. The van der Waals surface area contributed by atoms with E-state index in [1.165, 1.54) is 7.05 Å². The summed E-state index contributed by atoms with van der Waals surface area (Å²) in [6, 6.07) is -0.698. The van der Waals surface area contributed by atoms with E-state index in [0.29, 0.717) is 4.99 Å². The number of rotatable bonds is 5. The molecule has 4 N–H and O–H groups in total. The van der Waals surface area contributed by atoms with Crippen LogP contribution in [-0.4, -0.2) is 72.0 Å². The summed E-state index contributed by atoms with van der Waals surface area (Å²) in [4.78, 5) is 27.9. The molecule has 0 aromatic carbocycles. The second-order valence-electron chi connectivity index (χ2n) is 5.14. The number of carbonyl (C=O) groups excluding carboxylic acids is 2. The summed E-state index contributed by atoms with van der Waals surface area (Å²) in [5.41, 5.74) is 5.76. The van der Waals surface area contributed by atoms with E-state index in [1.807, 2.05) is 0 Å². The number of amides is 3. The maximum Gasteiger partial charge on any atom is 0.321 e. The molecule has 2 unspecified atom stereocenters. The van der Waals surface area contributed by atoms with Gasteiger partial charge in [-0.25, -0.2) is 4.79 Å². The molecule has 1 rings (SSSR count). The number of hydrogen-bond acceptors (Lipinski definition) is 5. The number of thiocarbonyl (C=S) groups is 1. The minimum Gasteiger partial charge on any atom is -0.392 e. The highest BCUT2D eigenvalue weighted by atomic mass is 32.1. The first-order chi connectivity index (χ1) is 9.90. The van der Waals surface area contributed by atoms with Gasteiger partial charge in [0.05, 0.1) is 17.1 Å². The lowest BCUT2D eigenvalue weighted by molar-refractivity contribution is -0.125. The van der Waals surface area contributed by atoms with Crippen LogP contribution in [0.1, 0.15) is 20.3 Å². The first-order valence-corrected chi connectivity index (χ1v) is 7.61. The van der Waals surface area contributed by atoms with Gasteiger partial charge < -0.3 is 11.1 Å². The third-order valence-electron chi connectivity index (χ3n) is 3.90. The number of piperazine rings is 1. The van der Waals surface area contributed by atoms with Crippen molar-refractivity contribution >= 4 is 29.1 Å². The molecule has 0 aromatic heterocycles. The van der Waals surface area contributed by atoms with Crippen molar-refractivity contribution in [3.63, 3.8) is 0 Å². The molecule has 0 bridgehead atoms. The van der Waals surface area contributed by atoms with Crippen LogP contribution >= 0.6 is 12.2 Å².